The van der Waals surface area contributed by atoms with Crippen molar-refractivity contribution in [1.82, 2.24) is 15.3 Å². The maximum atomic E-state index is 12.2. The molecule has 0 saturated heterocycles. The second-order valence-corrected chi connectivity index (χ2v) is 4.96. The van der Waals surface area contributed by atoms with Gasteiger partial charge in [-0.05, 0) is 18.1 Å². The van der Waals surface area contributed by atoms with Gasteiger partial charge in [0.2, 0.25) is 0 Å². The van der Waals surface area contributed by atoms with Crippen LogP contribution in [-0.4, -0.2) is 35.6 Å². The number of rotatable bonds is 5. The van der Waals surface area contributed by atoms with Crippen LogP contribution in [0.5, 0.6) is 0 Å². The first-order valence-electron chi connectivity index (χ1n) is 6.64. The van der Waals surface area contributed by atoms with Gasteiger partial charge in [0.15, 0.2) is 5.69 Å². The number of amides is 1. The van der Waals surface area contributed by atoms with Crippen LogP contribution in [0.4, 0.5) is 0 Å². The van der Waals surface area contributed by atoms with E-state index in [9.17, 15) is 4.79 Å². The summed E-state index contributed by atoms with van der Waals surface area (Å²) in [6.45, 7) is 4.56. The number of nitrogens with zero attached hydrogens (tertiary/aromatic N) is 2. The van der Waals surface area contributed by atoms with E-state index in [0.717, 1.165) is 5.39 Å². The van der Waals surface area contributed by atoms with Crippen LogP contribution in [0.1, 0.15) is 24.3 Å². The Labute approximate surface area is 118 Å². The molecular formula is C15H19N3O2. The molecule has 0 radical (unpaired) electrons. The molecule has 1 amide bonds. The minimum absolute atomic E-state index is 0.0121. The molecule has 0 bridgehead atoms. The molecule has 2 aromatic rings. The Morgan fingerprint density at radius 1 is 1.30 bits per heavy atom. The molecule has 1 N–H and O–H groups in total. The van der Waals surface area contributed by atoms with Crippen LogP contribution in [0.15, 0.2) is 30.6 Å². The average Bonchev–Trinajstić information content (AvgIpc) is 2.46. The molecule has 1 atom stereocenters. The van der Waals surface area contributed by atoms with Crippen LogP contribution >= 0.6 is 0 Å². The summed E-state index contributed by atoms with van der Waals surface area (Å²) in [4.78, 5) is 20.6. The van der Waals surface area contributed by atoms with Crippen LogP contribution in [-0.2, 0) is 4.74 Å². The summed E-state index contributed by atoms with van der Waals surface area (Å²) in [5.74, 6) is 0.107. The molecule has 0 saturated carbocycles. The molecule has 2 aromatic heterocycles. The van der Waals surface area contributed by atoms with Crippen LogP contribution in [0, 0.1) is 5.92 Å². The van der Waals surface area contributed by atoms with E-state index in [-0.39, 0.29) is 12.0 Å². The topological polar surface area (TPSA) is 64.1 Å². The van der Waals surface area contributed by atoms with Gasteiger partial charge in [-0.15, -0.1) is 0 Å². The number of methoxy groups -OCH3 is 1. The minimum Gasteiger partial charge on any atom is -0.379 e. The maximum absolute atomic E-state index is 12.2. The highest BCUT2D eigenvalue weighted by Crippen LogP contribution is 2.13. The van der Waals surface area contributed by atoms with Crippen molar-refractivity contribution in [2.75, 3.05) is 13.7 Å². The van der Waals surface area contributed by atoms with Crippen molar-refractivity contribution in [3.8, 4) is 0 Å². The predicted octanol–water partition coefficient (Wildman–Crippen LogP) is 2.03. The summed E-state index contributed by atoms with van der Waals surface area (Å²) in [6.07, 6.45) is 3.27. The highest BCUT2D eigenvalue weighted by atomic mass is 16.5. The number of carbonyl (C=O) groups excluding carboxylic acids is 1. The summed E-state index contributed by atoms with van der Waals surface area (Å²) < 4.78 is 5.33. The third-order valence-corrected chi connectivity index (χ3v) is 3.25. The zero-order valence-electron chi connectivity index (χ0n) is 12.0. The van der Waals surface area contributed by atoms with E-state index in [2.05, 4.69) is 29.1 Å². The smallest absolute Gasteiger partial charge is 0.272 e. The van der Waals surface area contributed by atoms with Crippen molar-refractivity contribution >= 4 is 16.8 Å². The summed E-state index contributed by atoms with van der Waals surface area (Å²) in [7, 11) is 1.65. The Morgan fingerprint density at radius 2 is 2.10 bits per heavy atom. The molecule has 1 unspecified atom stereocenters. The largest absolute Gasteiger partial charge is 0.379 e. The number of carbonyl (C=O) groups is 1. The van der Waals surface area contributed by atoms with Crippen molar-refractivity contribution in [3.05, 3.63) is 36.3 Å². The van der Waals surface area contributed by atoms with Gasteiger partial charge in [0.1, 0.15) is 5.52 Å². The second kappa shape index (κ2) is 6.43. The van der Waals surface area contributed by atoms with Crippen LogP contribution < -0.4 is 5.32 Å². The second-order valence-electron chi connectivity index (χ2n) is 4.96. The lowest BCUT2D eigenvalue weighted by Crippen LogP contribution is -2.36. The number of hydrogen-bond donors (Lipinski definition) is 1. The van der Waals surface area contributed by atoms with E-state index < -0.39 is 0 Å². The van der Waals surface area contributed by atoms with Gasteiger partial charge in [0.25, 0.3) is 5.91 Å². The number of pyridine rings is 2. The third-order valence-electron chi connectivity index (χ3n) is 3.25. The fourth-order valence-electron chi connectivity index (χ4n) is 2.04. The molecule has 0 fully saturated rings. The van der Waals surface area contributed by atoms with E-state index in [1.54, 1.807) is 19.5 Å². The number of fused-ring (bicyclic) bond motifs is 1. The van der Waals surface area contributed by atoms with Gasteiger partial charge in [-0.1, -0.05) is 19.9 Å². The first kappa shape index (κ1) is 14.4. The maximum Gasteiger partial charge on any atom is 0.272 e. The molecular weight excluding hydrogens is 254 g/mol. The summed E-state index contributed by atoms with van der Waals surface area (Å²) in [5.41, 5.74) is 0.965. The Kier molecular flexibility index (Phi) is 4.63. The molecule has 106 valence electrons. The Balaban J connectivity index is 2.16. The third kappa shape index (κ3) is 3.11. The molecule has 5 nitrogen and oxygen atoms in total. The average molecular weight is 273 g/mol. The molecule has 0 aliphatic heterocycles. The van der Waals surface area contributed by atoms with Gasteiger partial charge in [-0.25, -0.2) is 4.98 Å². The van der Waals surface area contributed by atoms with Gasteiger partial charge < -0.3 is 10.1 Å². The van der Waals surface area contributed by atoms with E-state index >= 15 is 0 Å². The Morgan fingerprint density at radius 3 is 2.80 bits per heavy atom. The summed E-state index contributed by atoms with van der Waals surface area (Å²) in [5, 5.41) is 3.76. The SMILES string of the molecule is COC(CNC(=O)c1nccc2cccnc12)C(C)C. The van der Waals surface area contributed by atoms with Crippen LogP contribution in [0.25, 0.3) is 10.9 Å². The number of aromatic nitrogens is 2. The lowest BCUT2D eigenvalue weighted by Gasteiger charge is -2.19. The molecule has 0 aliphatic carbocycles. The zero-order chi connectivity index (χ0) is 14.5. The number of ether oxygens (including phenoxy) is 1. The number of hydrogen-bond acceptors (Lipinski definition) is 4. The molecule has 20 heavy (non-hydrogen) atoms. The molecule has 0 spiro atoms. The van der Waals surface area contributed by atoms with Gasteiger partial charge in [-0.3, -0.25) is 9.78 Å². The monoisotopic (exact) mass is 273 g/mol. The van der Waals surface area contributed by atoms with E-state index in [1.165, 1.54) is 0 Å². The predicted molar refractivity (Wildman–Crippen MR) is 77.5 cm³/mol. The van der Waals surface area contributed by atoms with Crippen molar-refractivity contribution in [3.63, 3.8) is 0 Å². The molecule has 0 aliphatic rings. The van der Waals surface area contributed by atoms with Crippen LogP contribution in [0.3, 0.4) is 0 Å². The fraction of sp³-hybridized carbons (Fsp3) is 0.400. The van der Waals surface area contributed by atoms with Crippen molar-refractivity contribution in [2.45, 2.75) is 20.0 Å². The number of nitrogens with one attached hydrogen (secondary N) is 1. The summed E-state index contributed by atoms with van der Waals surface area (Å²) in [6, 6.07) is 5.59. The molecule has 2 heterocycles. The Bertz CT molecular complexity index is 593. The van der Waals surface area contributed by atoms with E-state index in [1.807, 2.05) is 18.2 Å². The highest BCUT2D eigenvalue weighted by molar-refractivity contribution is 6.03. The van der Waals surface area contributed by atoms with Gasteiger partial charge in [-0.2, -0.15) is 0 Å². The first-order valence-corrected chi connectivity index (χ1v) is 6.64. The van der Waals surface area contributed by atoms with Gasteiger partial charge in [0.05, 0.1) is 6.10 Å². The molecule has 0 aromatic carbocycles. The zero-order valence-corrected chi connectivity index (χ0v) is 12.0. The normalized spacial score (nSPS) is 12.6. The van der Waals surface area contributed by atoms with Gasteiger partial charge in [0, 0.05) is 31.4 Å². The molecule has 2 rings (SSSR count). The Hall–Kier alpha value is -2.01. The molecule has 5 heteroatoms. The van der Waals surface area contributed by atoms with Crippen molar-refractivity contribution in [1.29, 1.82) is 0 Å². The lowest BCUT2D eigenvalue weighted by atomic mass is 10.1. The standard InChI is InChI=1S/C15H19N3O2/c1-10(2)12(20-3)9-18-15(19)14-13-11(6-8-17-14)5-4-7-16-13/h4-8,10,12H,9H2,1-3H3,(H,18,19). The van der Waals surface area contributed by atoms with E-state index in [0.29, 0.717) is 23.7 Å². The minimum atomic E-state index is -0.225. The van der Waals surface area contributed by atoms with Crippen LogP contribution in [0.2, 0.25) is 0 Å². The first-order chi connectivity index (χ1) is 9.63. The van der Waals surface area contributed by atoms with Gasteiger partial charge >= 0.3 is 0 Å². The van der Waals surface area contributed by atoms with Crippen molar-refractivity contribution in [2.24, 2.45) is 5.92 Å². The lowest BCUT2D eigenvalue weighted by molar-refractivity contribution is 0.0604. The van der Waals surface area contributed by atoms with Crippen molar-refractivity contribution < 1.29 is 9.53 Å². The fourth-order valence-corrected chi connectivity index (χ4v) is 2.04. The summed E-state index contributed by atoms with van der Waals surface area (Å²) >= 11 is 0. The van der Waals surface area contributed by atoms with E-state index in [4.69, 9.17) is 4.74 Å². The quantitative estimate of drug-likeness (QED) is 0.905. The highest BCUT2D eigenvalue weighted by Gasteiger charge is 2.16.